The number of benzene rings is 2. The lowest BCUT2D eigenvalue weighted by atomic mass is 10.1. The molecule has 2 aromatic rings. The van der Waals surface area contributed by atoms with Crippen LogP contribution in [0.3, 0.4) is 0 Å². The van der Waals surface area contributed by atoms with E-state index in [9.17, 15) is 5.11 Å². The Balaban J connectivity index is 1.89. The van der Waals surface area contributed by atoms with Crippen molar-refractivity contribution in [2.45, 2.75) is 45.1 Å². The topological polar surface area (TPSA) is 29.5 Å². The highest BCUT2D eigenvalue weighted by Crippen LogP contribution is 2.22. The zero-order chi connectivity index (χ0) is 16.9. The maximum absolute atomic E-state index is 9.34. The van der Waals surface area contributed by atoms with Crippen LogP contribution >= 0.6 is 0 Å². The van der Waals surface area contributed by atoms with Crippen molar-refractivity contribution in [2.75, 3.05) is 0 Å². The first-order valence-electron chi connectivity index (χ1n) is 8.32. The highest BCUT2D eigenvalue weighted by atomic mass is 28.4. The molecule has 124 valence electrons. The van der Waals surface area contributed by atoms with Crippen molar-refractivity contribution in [3.05, 3.63) is 60.2 Å². The molecule has 0 radical (unpaired) electrons. The average Bonchev–Trinajstić information content (AvgIpc) is 2.49. The highest BCUT2D eigenvalue weighted by Gasteiger charge is 2.33. The van der Waals surface area contributed by atoms with Gasteiger partial charge in [0.1, 0.15) is 5.75 Å². The van der Waals surface area contributed by atoms with Crippen LogP contribution in [0.5, 0.6) is 5.75 Å². The van der Waals surface area contributed by atoms with Crippen LogP contribution in [0.1, 0.15) is 12.0 Å². The monoisotopic (exact) mass is 344 g/mol. The van der Waals surface area contributed by atoms with E-state index in [1.165, 1.54) is 10.8 Å². The smallest absolute Gasteiger partial charge is 0.205 e. The third-order valence-corrected chi connectivity index (χ3v) is 11.7. The first-order valence-corrected chi connectivity index (χ1v) is 14.3. The fourth-order valence-corrected chi connectivity index (χ4v) is 11.4. The van der Waals surface area contributed by atoms with Crippen molar-refractivity contribution in [1.29, 1.82) is 0 Å². The quantitative estimate of drug-likeness (QED) is 0.740. The Morgan fingerprint density at radius 1 is 0.870 bits per heavy atom. The molecular formula is C19H28O2Si2. The van der Waals surface area contributed by atoms with E-state index in [2.05, 4.69) is 56.5 Å². The molecule has 0 aromatic heterocycles. The Morgan fingerprint density at radius 2 is 1.48 bits per heavy atom. The van der Waals surface area contributed by atoms with Crippen LogP contribution in [0.2, 0.25) is 32.2 Å². The van der Waals surface area contributed by atoms with Gasteiger partial charge in [-0.25, -0.2) is 0 Å². The van der Waals surface area contributed by atoms with Crippen molar-refractivity contribution in [1.82, 2.24) is 0 Å². The summed E-state index contributed by atoms with van der Waals surface area (Å²) in [5.74, 6) is 0.336. The van der Waals surface area contributed by atoms with Crippen LogP contribution in [0.15, 0.2) is 54.6 Å². The van der Waals surface area contributed by atoms with E-state index in [1.807, 2.05) is 12.1 Å². The molecule has 1 N–H and O–H groups in total. The first kappa shape index (κ1) is 18.0. The molecule has 2 aromatic carbocycles. The molecule has 0 amide bonds. The summed E-state index contributed by atoms with van der Waals surface area (Å²) in [6, 6.07) is 19.4. The zero-order valence-corrected chi connectivity index (χ0v) is 16.7. The van der Waals surface area contributed by atoms with E-state index in [0.29, 0.717) is 5.75 Å². The van der Waals surface area contributed by atoms with E-state index < -0.39 is 16.6 Å². The van der Waals surface area contributed by atoms with Crippen molar-refractivity contribution >= 4 is 21.8 Å². The molecule has 4 heteroatoms. The minimum Gasteiger partial charge on any atom is -0.508 e. The molecule has 0 unspecified atom stereocenters. The summed E-state index contributed by atoms with van der Waals surface area (Å²) in [7, 11) is -3.50. The molecule has 0 spiro atoms. The van der Waals surface area contributed by atoms with Gasteiger partial charge >= 0.3 is 0 Å². The van der Waals surface area contributed by atoms with Gasteiger partial charge in [-0.1, -0.05) is 42.5 Å². The number of hydrogen-bond donors (Lipinski definition) is 1. The molecule has 0 heterocycles. The maximum Gasteiger partial charge on any atom is 0.205 e. The van der Waals surface area contributed by atoms with Gasteiger partial charge < -0.3 is 9.22 Å². The van der Waals surface area contributed by atoms with Crippen LogP contribution < -0.4 is 5.19 Å². The van der Waals surface area contributed by atoms with Gasteiger partial charge in [-0.2, -0.15) is 0 Å². The van der Waals surface area contributed by atoms with Crippen LogP contribution in [-0.4, -0.2) is 21.7 Å². The summed E-state index contributed by atoms with van der Waals surface area (Å²) in [6.07, 6.45) is 2.19. The van der Waals surface area contributed by atoms with Gasteiger partial charge in [-0.3, -0.25) is 0 Å². The van der Waals surface area contributed by atoms with Crippen LogP contribution in [-0.2, 0) is 10.5 Å². The molecule has 0 saturated carbocycles. The molecule has 2 rings (SSSR count). The van der Waals surface area contributed by atoms with Gasteiger partial charge in [-0.15, -0.1) is 0 Å². The van der Waals surface area contributed by atoms with Crippen LogP contribution in [0.25, 0.3) is 0 Å². The van der Waals surface area contributed by atoms with Gasteiger partial charge in [0.05, 0.1) is 0 Å². The Morgan fingerprint density at radius 3 is 2.09 bits per heavy atom. The summed E-state index contributed by atoms with van der Waals surface area (Å²) >= 11 is 0. The summed E-state index contributed by atoms with van der Waals surface area (Å²) in [6.45, 7) is 9.27. The number of rotatable bonds is 7. The molecule has 0 saturated heterocycles. The molecule has 2 nitrogen and oxygen atoms in total. The van der Waals surface area contributed by atoms with E-state index in [1.54, 1.807) is 12.1 Å². The Bertz CT molecular complexity index is 607. The molecular weight excluding hydrogens is 316 g/mol. The van der Waals surface area contributed by atoms with Gasteiger partial charge in [0.15, 0.2) is 8.32 Å². The van der Waals surface area contributed by atoms with E-state index >= 15 is 0 Å². The Kier molecular flexibility index (Phi) is 5.84. The molecule has 0 atom stereocenters. The zero-order valence-electron chi connectivity index (χ0n) is 14.7. The average molecular weight is 345 g/mol. The van der Waals surface area contributed by atoms with Crippen molar-refractivity contribution in [3.63, 3.8) is 0 Å². The van der Waals surface area contributed by atoms with E-state index in [0.717, 1.165) is 18.9 Å². The largest absolute Gasteiger partial charge is 0.508 e. The third-order valence-electron chi connectivity index (χ3n) is 4.18. The van der Waals surface area contributed by atoms with E-state index in [4.69, 9.17) is 4.12 Å². The first-order chi connectivity index (χ1) is 10.8. The van der Waals surface area contributed by atoms with Gasteiger partial charge in [0.2, 0.25) is 8.32 Å². The molecule has 0 aliphatic rings. The minimum atomic E-state index is -1.82. The fraction of sp³-hybridized carbons (Fsp3) is 0.368. The number of aryl methyl sites for hydroxylation is 1. The second kappa shape index (κ2) is 7.47. The van der Waals surface area contributed by atoms with Crippen molar-refractivity contribution < 1.29 is 9.22 Å². The number of hydrogen-bond acceptors (Lipinski definition) is 2. The van der Waals surface area contributed by atoms with Crippen LogP contribution in [0, 0.1) is 0 Å². The SMILES string of the molecule is C[Si](C)(CCCc1ccc(O)cc1)O[Si](C)(C)c1ccccc1. The maximum atomic E-state index is 9.34. The standard InChI is InChI=1S/C19H28O2Si2/c1-22(2,16-8-9-17-12-14-18(20)15-13-17)21-23(3,4)19-10-6-5-7-11-19/h5-7,10-15,20H,8-9,16H2,1-4H3. The summed E-state index contributed by atoms with van der Waals surface area (Å²) < 4.78 is 6.71. The lowest BCUT2D eigenvalue weighted by Gasteiger charge is -2.34. The summed E-state index contributed by atoms with van der Waals surface area (Å²) in [5, 5.41) is 10.7. The normalized spacial score (nSPS) is 12.3. The number of aromatic hydroxyl groups is 1. The summed E-state index contributed by atoms with van der Waals surface area (Å²) in [5.41, 5.74) is 1.28. The molecule has 0 aliphatic heterocycles. The molecule has 23 heavy (non-hydrogen) atoms. The lowest BCUT2D eigenvalue weighted by Crippen LogP contribution is -2.52. The summed E-state index contributed by atoms with van der Waals surface area (Å²) in [4.78, 5) is 0. The van der Waals surface area contributed by atoms with Gasteiger partial charge in [0, 0.05) is 0 Å². The Hall–Kier alpha value is -1.37. The minimum absolute atomic E-state index is 0.336. The molecule has 0 fully saturated rings. The lowest BCUT2D eigenvalue weighted by molar-refractivity contribution is 0.475. The number of phenolic OH excluding ortho intramolecular Hbond substituents is 1. The molecule has 0 aliphatic carbocycles. The third kappa shape index (κ3) is 5.64. The molecule has 0 bridgehead atoms. The van der Waals surface area contributed by atoms with Gasteiger partial charge in [0.25, 0.3) is 0 Å². The second-order valence-electron chi connectivity index (χ2n) is 7.26. The van der Waals surface area contributed by atoms with Crippen LogP contribution in [0.4, 0.5) is 0 Å². The Labute approximate surface area is 142 Å². The predicted octanol–water partition coefficient (Wildman–Crippen LogP) is 4.66. The highest BCUT2D eigenvalue weighted by molar-refractivity contribution is 6.92. The number of phenols is 1. The van der Waals surface area contributed by atoms with Crippen molar-refractivity contribution in [3.8, 4) is 5.75 Å². The van der Waals surface area contributed by atoms with E-state index in [-0.39, 0.29) is 0 Å². The van der Waals surface area contributed by atoms with Crippen molar-refractivity contribution in [2.24, 2.45) is 0 Å². The fourth-order valence-electron chi connectivity index (χ4n) is 3.02. The van der Waals surface area contributed by atoms with Gasteiger partial charge in [-0.05, 0) is 68.0 Å². The second-order valence-corrected chi connectivity index (χ2v) is 15.7. The predicted molar refractivity (Wildman–Crippen MR) is 103 cm³/mol.